The van der Waals surface area contributed by atoms with Crippen molar-refractivity contribution in [3.63, 3.8) is 0 Å². The Kier molecular flexibility index (Phi) is 11.1. The monoisotopic (exact) mass is 887 g/mol. The number of carbonyl (C=O) groups is 4. The molecular formula is C48H51F2N9O6. The molecule has 1 saturated carbocycles. The number of carbonyl (C=O) groups excluding carboxylic acids is 4. The number of nitriles is 1. The van der Waals surface area contributed by atoms with Gasteiger partial charge < -0.3 is 39.9 Å². The first-order chi connectivity index (χ1) is 31.1. The van der Waals surface area contributed by atoms with Crippen LogP contribution in [0.3, 0.4) is 0 Å². The number of methoxy groups -OCH3 is 2. The van der Waals surface area contributed by atoms with E-state index in [9.17, 15) is 24.4 Å². The van der Waals surface area contributed by atoms with Crippen LogP contribution in [0.15, 0.2) is 60.8 Å². The average molecular weight is 888 g/mol. The van der Waals surface area contributed by atoms with Gasteiger partial charge in [0, 0.05) is 29.3 Å². The van der Waals surface area contributed by atoms with Crippen molar-refractivity contribution in [3.05, 3.63) is 83.6 Å². The molecule has 4 aliphatic rings. The van der Waals surface area contributed by atoms with Gasteiger partial charge in [0.15, 0.2) is 0 Å². The third-order valence-electron chi connectivity index (χ3n) is 13.7. The number of nitrogens with one attached hydrogen (secondary N) is 4. The second-order valence-electron chi connectivity index (χ2n) is 18.3. The number of likely N-dealkylation sites (tertiary alicyclic amines) is 2. The van der Waals surface area contributed by atoms with Gasteiger partial charge in [0.05, 0.1) is 61.2 Å². The number of rotatable bonds is 10. The SMILES string of the molecule is COC(=O)N[C@H](C(=O)N1C[C@@H](C#N)CC1c1ncc(-c2ccc3c(c2)C(F)(F)c2cc(-c4ccc5nc([C@@H]6[C@@H]7CC[C@H](C7)N6C(=O)[C@@H](NC(=O)OC)C(C)C)[nH]c5c4)ccc2-3)[nH]1)C(C)C. The number of alkyl carbamates (subject to hydrolysis) is 2. The summed E-state index contributed by atoms with van der Waals surface area (Å²) >= 11 is 0. The van der Waals surface area contributed by atoms with Crippen LogP contribution in [-0.2, 0) is 25.0 Å². The number of aromatic nitrogens is 4. The molecule has 7 atom stereocenters. The van der Waals surface area contributed by atoms with Crippen molar-refractivity contribution in [2.45, 2.75) is 89.5 Å². The van der Waals surface area contributed by atoms with Crippen molar-refractivity contribution in [3.8, 4) is 39.6 Å². The minimum atomic E-state index is -3.33. The van der Waals surface area contributed by atoms with E-state index in [1.807, 2.05) is 43.0 Å². The molecule has 4 N–H and O–H groups in total. The molecule has 0 radical (unpaired) electrons. The summed E-state index contributed by atoms with van der Waals surface area (Å²) in [6.45, 7) is 7.51. The van der Waals surface area contributed by atoms with Gasteiger partial charge in [-0.15, -0.1) is 0 Å². The molecule has 65 heavy (non-hydrogen) atoms. The number of piperidine rings is 1. The minimum absolute atomic E-state index is 0.0347. The molecule has 2 aliphatic carbocycles. The molecule has 2 aliphatic heterocycles. The summed E-state index contributed by atoms with van der Waals surface area (Å²) < 4.78 is 42.8. The van der Waals surface area contributed by atoms with E-state index in [-0.39, 0.29) is 59.3 Å². The zero-order chi connectivity index (χ0) is 46.1. The first-order valence-corrected chi connectivity index (χ1v) is 22.1. The van der Waals surface area contributed by atoms with E-state index < -0.39 is 42.2 Å². The van der Waals surface area contributed by atoms with Crippen LogP contribution in [0.1, 0.15) is 88.2 Å². The molecule has 2 saturated heterocycles. The summed E-state index contributed by atoms with van der Waals surface area (Å²) in [5.74, 6) is -3.52. The Hall–Kier alpha value is -6.83. The van der Waals surface area contributed by atoms with Gasteiger partial charge >= 0.3 is 12.2 Å². The Morgan fingerprint density at radius 3 is 2.08 bits per heavy atom. The van der Waals surface area contributed by atoms with Crippen molar-refractivity contribution in [1.29, 1.82) is 5.26 Å². The number of ether oxygens (including phenoxy) is 2. The fourth-order valence-electron chi connectivity index (χ4n) is 10.4. The Bertz CT molecular complexity index is 2760. The molecule has 338 valence electrons. The van der Waals surface area contributed by atoms with Gasteiger partial charge in [0.1, 0.15) is 23.7 Å². The summed E-state index contributed by atoms with van der Waals surface area (Å²) in [4.78, 5) is 71.8. The number of alkyl halides is 2. The van der Waals surface area contributed by atoms with Crippen molar-refractivity contribution >= 4 is 35.0 Å². The average Bonchev–Trinajstić information content (AvgIpc) is 4.17. The van der Waals surface area contributed by atoms with Crippen LogP contribution in [0.25, 0.3) is 44.5 Å². The summed E-state index contributed by atoms with van der Waals surface area (Å²) in [6.07, 6.45) is 3.13. The molecule has 3 aromatic carbocycles. The van der Waals surface area contributed by atoms with Gasteiger partial charge in [0.25, 0.3) is 5.92 Å². The number of halogens is 2. The van der Waals surface area contributed by atoms with Gasteiger partial charge in [-0.1, -0.05) is 58.0 Å². The van der Waals surface area contributed by atoms with Crippen molar-refractivity contribution in [2.24, 2.45) is 23.7 Å². The number of hydrogen-bond acceptors (Lipinski definition) is 9. The Labute approximate surface area is 374 Å². The van der Waals surface area contributed by atoms with E-state index in [4.69, 9.17) is 14.5 Å². The van der Waals surface area contributed by atoms with Crippen LogP contribution in [-0.4, -0.2) is 92.6 Å². The summed E-state index contributed by atoms with van der Waals surface area (Å²) in [6, 6.07) is 15.3. The third kappa shape index (κ3) is 7.51. The van der Waals surface area contributed by atoms with Gasteiger partial charge in [-0.2, -0.15) is 14.0 Å². The van der Waals surface area contributed by atoms with E-state index >= 15 is 8.78 Å². The molecule has 3 fully saturated rings. The van der Waals surface area contributed by atoms with Crippen LogP contribution in [0, 0.1) is 35.0 Å². The number of amides is 4. The minimum Gasteiger partial charge on any atom is -0.453 e. The molecule has 1 unspecified atom stereocenters. The molecule has 0 spiro atoms. The Morgan fingerprint density at radius 1 is 0.815 bits per heavy atom. The van der Waals surface area contributed by atoms with Gasteiger partial charge in [-0.25, -0.2) is 19.6 Å². The molecule has 15 nitrogen and oxygen atoms in total. The van der Waals surface area contributed by atoms with E-state index in [1.54, 1.807) is 38.2 Å². The van der Waals surface area contributed by atoms with Crippen LogP contribution < -0.4 is 10.6 Å². The zero-order valence-electron chi connectivity index (χ0n) is 36.9. The Balaban J connectivity index is 0.961. The predicted octanol–water partition coefficient (Wildman–Crippen LogP) is 7.97. The van der Waals surface area contributed by atoms with E-state index in [0.29, 0.717) is 57.1 Å². The molecule has 2 bridgehead atoms. The molecule has 9 rings (SSSR count). The highest BCUT2D eigenvalue weighted by atomic mass is 19.3. The van der Waals surface area contributed by atoms with Crippen molar-refractivity contribution < 1.29 is 37.4 Å². The fraction of sp³-hybridized carbons (Fsp3) is 0.438. The quantitative estimate of drug-likeness (QED) is 0.107. The van der Waals surface area contributed by atoms with Crippen LogP contribution in [0.5, 0.6) is 0 Å². The first-order valence-electron chi connectivity index (χ1n) is 22.1. The van der Waals surface area contributed by atoms with Crippen LogP contribution >= 0.6 is 0 Å². The smallest absolute Gasteiger partial charge is 0.407 e. The lowest BCUT2D eigenvalue weighted by atomic mass is 9.95. The van der Waals surface area contributed by atoms with E-state index in [0.717, 1.165) is 24.8 Å². The molecular weight excluding hydrogens is 837 g/mol. The zero-order valence-corrected chi connectivity index (χ0v) is 36.9. The highest BCUT2D eigenvalue weighted by Crippen LogP contribution is 2.53. The maximum atomic E-state index is 16.6. The summed E-state index contributed by atoms with van der Waals surface area (Å²) in [5, 5.41) is 15.1. The van der Waals surface area contributed by atoms with Gasteiger partial charge in [-0.05, 0) is 90.0 Å². The highest BCUT2D eigenvalue weighted by molar-refractivity contribution is 5.89. The van der Waals surface area contributed by atoms with Crippen molar-refractivity contribution in [1.82, 2.24) is 40.4 Å². The van der Waals surface area contributed by atoms with Gasteiger partial charge in [0.2, 0.25) is 11.8 Å². The number of fused-ring (bicyclic) bond motifs is 6. The predicted molar refractivity (Wildman–Crippen MR) is 235 cm³/mol. The lowest BCUT2D eigenvalue weighted by molar-refractivity contribution is -0.139. The second kappa shape index (κ2) is 16.6. The van der Waals surface area contributed by atoms with E-state index in [1.165, 1.54) is 31.3 Å². The largest absolute Gasteiger partial charge is 0.453 e. The number of nitrogens with zero attached hydrogens (tertiary/aromatic N) is 5. The topological polar surface area (TPSA) is 198 Å². The summed E-state index contributed by atoms with van der Waals surface area (Å²) in [5.41, 5.74) is 4.26. The maximum Gasteiger partial charge on any atom is 0.407 e. The Morgan fingerprint density at radius 2 is 1.43 bits per heavy atom. The third-order valence-corrected chi connectivity index (χ3v) is 13.7. The summed E-state index contributed by atoms with van der Waals surface area (Å²) in [7, 11) is 2.49. The molecule has 17 heteroatoms. The maximum absolute atomic E-state index is 16.6. The van der Waals surface area contributed by atoms with E-state index in [2.05, 4.69) is 31.7 Å². The number of hydrogen-bond donors (Lipinski definition) is 4. The number of H-pyrrole nitrogens is 2. The van der Waals surface area contributed by atoms with Crippen LogP contribution in [0.2, 0.25) is 0 Å². The van der Waals surface area contributed by atoms with Crippen molar-refractivity contribution in [2.75, 3.05) is 20.8 Å². The van der Waals surface area contributed by atoms with Crippen LogP contribution in [0.4, 0.5) is 18.4 Å². The first kappa shape index (κ1) is 43.4. The standard InChI is InChI=1S/C48H51F2N9O6/c1-23(2)39(56-46(62)64-5)44(60)58-22-25(20-51)15-38(58)42-52-21-37(55-42)28-9-13-32-31-12-8-26(17-33(31)48(49,50)34(32)18-28)27-10-14-35-36(19-27)54-43(53-35)41-29-7-11-30(16-29)59(41)45(61)40(24(3)4)57-47(63)65-6/h8-10,12-14,17-19,21,23-25,29-30,38-41H,7,11,15-16,22H2,1-6H3,(H,52,55)(H,53,54)(H,56,62)(H,57,63)/t25-,29-,30-,38?,39+,40+,41+/m1/s1. The fourth-order valence-corrected chi connectivity index (χ4v) is 10.4. The number of benzene rings is 3. The number of imidazole rings is 2. The molecule has 4 heterocycles. The number of aromatic amines is 2. The molecule has 5 aromatic rings. The normalized spacial score (nSPS) is 22.4. The second-order valence-corrected chi connectivity index (χ2v) is 18.3. The molecule has 4 amide bonds. The molecule has 2 aromatic heterocycles. The van der Waals surface area contributed by atoms with Gasteiger partial charge in [-0.3, -0.25) is 9.59 Å². The lowest BCUT2D eigenvalue weighted by Gasteiger charge is -2.37. The lowest BCUT2D eigenvalue weighted by Crippen LogP contribution is -2.54. The highest BCUT2D eigenvalue weighted by Gasteiger charge is 2.52.